The van der Waals surface area contributed by atoms with E-state index in [2.05, 4.69) is 29.2 Å². The molecular formula is C16H19Cl2NO. The molecule has 1 N–H and O–H groups in total. The van der Waals surface area contributed by atoms with Gasteiger partial charge < -0.3 is 5.11 Å². The second kappa shape index (κ2) is 8.98. The van der Waals surface area contributed by atoms with Gasteiger partial charge in [0.2, 0.25) is 0 Å². The van der Waals surface area contributed by atoms with E-state index in [9.17, 15) is 5.11 Å². The highest BCUT2D eigenvalue weighted by atomic mass is 35.5. The molecule has 0 fully saturated rings. The number of rotatable bonds is 6. The highest BCUT2D eigenvalue weighted by Crippen LogP contribution is 2.11. The van der Waals surface area contributed by atoms with Crippen LogP contribution >= 0.6 is 24.0 Å². The topological polar surface area (TPSA) is 23.5 Å². The van der Waals surface area contributed by atoms with Gasteiger partial charge in [0.15, 0.2) is 0 Å². The van der Waals surface area contributed by atoms with Crippen molar-refractivity contribution >= 4 is 24.0 Å². The lowest BCUT2D eigenvalue weighted by molar-refractivity contribution is 0.158. The fourth-order valence-corrected chi connectivity index (χ4v) is 2.28. The van der Waals surface area contributed by atoms with Crippen molar-refractivity contribution in [2.45, 2.75) is 18.7 Å². The Labute approximate surface area is 131 Å². The molecule has 0 bridgehead atoms. The molecular weight excluding hydrogens is 293 g/mol. The normalized spacial score (nSPS) is 11.9. The number of nitrogens with zero attached hydrogens (tertiary/aromatic N) is 1. The zero-order valence-corrected chi connectivity index (χ0v) is 12.7. The average molecular weight is 312 g/mol. The van der Waals surface area contributed by atoms with Gasteiger partial charge in [0.1, 0.15) is 5.56 Å². The third kappa shape index (κ3) is 5.93. The zero-order valence-electron chi connectivity index (χ0n) is 11.2. The Hall–Kier alpha value is -1.06. The van der Waals surface area contributed by atoms with E-state index in [4.69, 9.17) is 11.6 Å². The van der Waals surface area contributed by atoms with Crippen LogP contribution in [0.3, 0.4) is 0 Å². The molecule has 20 heavy (non-hydrogen) atoms. The maximum atomic E-state index is 9.40. The molecule has 2 aromatic carbocycles. The minimum atomic E-state index is -0.840. The molecule has 0 aliphatic rings. The van der Waals surface area contributed by atoms with E-state index in [0.717, 1.165) is 13.1 Å². The molecule has 0 saturated carbocycles. The van der Waals surface area contributed by atoms with Gasteiger partial charge >= 0.3 is 0 Å². The van der Waals surface area contributed by atoms with Crippen LogP contribution in [0.25, 0.3) is 0 Å². The zero-order chi connectivity index (χ0) is 13.5. The van der Waals surface area contributed by atoms with Crippen LogP contribution in [0.2, 0.25) is 0 Å². The Morgan fingerprint density at radius 1 is 0.850 bits per heavy atom. The predicted molar refractivity (Wildman–Crippen MR) is 86.1 cm³/mol. The van der Waals surface area contributed by atoms with Gasteiger partial charge in [0.05, 0.1) is 0 Å². The van der Waals surface area contributed by atoms with E-state index >= 15 is 0 Å². The van der Waals surface area contributed by atoms with Crippen molar-refractivity contribution in [3.8, 4) is 0 Å². The van der Waals surface area contributed by atoms with Crippen molar-refractivity contribution < 1.29 is 5.11 Å². The molecule has 0 radical (unpaired) electrons. The number of hydrogen-bond donors (Lipinski definition) is 1. The Morgan fingerprint density at radius 2 is 1.25 bits per heavy atom. The van der Waals surface area contributed by atoms with Crippen molar-refractivity contribution in [1.29, 1.82) is 0 Å². The van der Waals surface area contributed by atoms with Gasteiger partial charge in [-0.2, -0.15) is 0 Å². The van der Waals surface area contributed by atoms with Gasteiger partial charge in [0, 0.05) is 19.6 Å². The quantitative estimate of drug-likeness (QED) is 0.823. The fraction of sp³-hybridized carbons (Fsp3) is 0.250. The summed E-state index contributed by atoms with van der Waals surface area (Å²) < 4.78 is 0. The second-order valence-corrected chi connectivity index (χ2v) is 5.08. The number of hydrogen-bond acceptors (Lipinski definition) is 2. The van der Waals surface area contributed by atoms with Crippen LogP contribution in [0.4, 0.5) is 0 Å². The number of halogens is 2. The van der Waals surface area contributed by atoms with Crippen LogP contribution in [0, 0.1) is 0 Å². The smallest absolute Gasteiger partial charge is 0.140 e. The molecule has 2 aromatic rings. The standard InChI is InChI=1S/C16H18ClNO.ClH/c17-16(19)13-18(11-14-7-3-1-4-8-14)12-15-9-5-2-6-10-15;/h1-10,16,19H,11-13H2;1H. The summed E-state index contributed by atoms with van der Waals surface area (Å²) in [5, 5.41) is 9.40. The Bertz CT molecular complexity index is 435. The van der Waals surface area contributed by atoms with E-state index in [1.54, 1.807) is 0 Å². The van der Waals surface area contributed by atoms with Gasteiger partial charge in [-0.1, -0.05) is 72.3 Å². The molecule has 2 rings (SSSR count). The first-order valence-corrected chi connectivity index (χ1v) is 6.80. The lowest BCUT2D eigenvalue weighted by Gasteiger charge is -2.23. The van der Waals surface area contributed by atoms with Gasteiger partial charge in [-0.25, -0.2) is 0 Å². The number of aliphatic hydroxyl groups excluding tert-OH is 1. The van der Waals surface area contributed by atoms with Crippen LogP contribution in [-0.2, 0) is 13.1 Å². The lowest BCUT2D eigenvalue weighted by atomic mass is 10.1. The van der Waals surface area contributed by atoms with Crippen molar-refractivity contribution in [3.05, 3.63) is 71.8 Å². The third-order valence-electron chi connectivity index (χ3n) is 2.91. The number of benzene rings is 2. The van der Waals surface area contributed by atoms with Crippen LogP contribution < -0.4 is 0 Å². The minimum absolute atomic E-state index is 0. The van der Waals surface area contributed by atoms with Crippen LogP contribution in [-0.4, -0.2) is 22.1 Å². The first-order valence-electron chi connectivity index (χ1n) is 6.36. The molecule has 4 heteroatoms. The highest BCUT2D eigenvalue weighted by molar-refractivity contribution is 6.19. The maximum Gasteiger partial charge on any atom is 0.140 e. The fourth-order valence-electron chi connectivity index (χ4n) is 2.08. The molecule has 0 aromatic heterocycles. The summed E-state index contributed by atoms with van der Waals surface area (Å²) in [6, 6.07) is 20.4. The average Bonchev–Trinajstić information content (AvgIpc) is 2.40. The van der Waals surface area contributed by atoms with Crippen molar-refractivity contribution in [2.24, 2.45) is 0 Å². The van der Waals surface area contributed by atoms with E-state index in [1.807, 2.05) is 36.4 Å². The Kier molecular flexibility index (Phi) is 7.63. The first kappa shape index (κ1) is 17.0. The van der Waals surface area contributed by atoms with Gasteiger partial charge in [-0.15, -0.1) is 12.4 Å². The number of alkyl halides is 1. The van der Waals surface area contributed by atoms with E-state index in [0.29, 0.717) is 6.54 Å². The SMILES string of the molecule is Cl.OC(Cl)CN(Cc1ccccc1)Cc1ccccc1. The molecule has 108 valence electrons. The lowest BCUT2D eigenvalue weighted by Crippen LogP contribution is -2.29. The van der Waals surface area contributed by atoms with Crippen LogP contribution in [0.15, 0.2) is 60.7 Å². The van der Waals surface area contributed by atoms with E-state index in [1.165, 1.54) is 11.1 Å². The highest BCUT2D eigenvalue weighted by Gasteiger charge is 2.10. The molecule has 0 saturated heterocycles. The molecule has 1 unspecified atom stereocenters. The maximum absolute atomic E-state index is 9.40. The molecule has 0 amide bonds. The summed E-state index contributed by atoms with van der Waals surface area (Å²) in [6.07, 6.45) is 0. The van der Waals surface area contributed by atoms with Gasteiger partial charge in [0.25, 0.3) is 0 Å². The Morgan fingerprint density at radius 3 is 1.60 bits per heavy atom. The van der Waals surface area contributed by atoms with Crippen LogP contribution in [0.5, 0.6) is 0 Å². The predicted octanol–water partition coefficient (Wildman–Crippen LogP) is 3.67. The first-order chi connectivity index (χ1) is 9.24. The summed E-state index contributed by atoms with van der Waals surface area (Å²) in [5.41, 5.74) is 1.60. The summed E-state index contributed by atoms with van der Waals surface area (Å²) in [4.78, 5) is 2.14. The monoisotopic (exact) mass is 311 g/mol. The van der Waals surface area contributed by atoms with E-state index < -0.39 is 5.56 Å². The van der Waals surface area contributed by atoms with Crippen LogP contribution in [0.1, 0.15) is 11.1 Å². The summed E-state index contributed by atoms with van der Waals surface area (Å²) in [7, 11) is 0. The minimum Gasteiger partial charge on any atom is -0.376 e. The summed E-state index contributed by atoms with van der Waals surface area (Å²) >= 11 is 5.72. The third-order valence-corrected chi connectivity index (χ3v) is 3.04. The largest absolute Gasteiger partial charge is 0.376 e. The molecule has 2 nitrogen and oxygen atoms in total. The van der Waals surface area contributed by atoms with Crippen molar-refractivity contribution in [3.63, 3.8) is 0 Å². The van der Waals surface area contributed by atoms with Crippen molar-refractivity contribution in [1.82, 2.24) is 4.90 Å². The molecule has 0 heterocycles. The molecule has 0 spiro atoms. The molecule has 0 aliphatic heterocycles. The van der Waals surface area contributed by atoms with Gasteiger partial charge in [-0.3, -0.25) is 4.90 Å². The molecule has 1 atom stereocenters. The molecule has 0 aliphatic carbocycles. The Balaban J connectivity index is 0.00000200. The van der Waals surface area contributed by atoms with E-state index in [-0.39, 0.29) is 12.4 Å². The second-order valence-electron chi connectivity index (χ2n) is 4.58. The summed E-state index contributed by atoms with van der Waals surface area (Å²) in [6.45, 7) is 2.00. The summed E-state index contributed by atoms with van der Waals surface area (Å²) in [5.74, 6) is 0. The van der Waals surface area contributed by atoms with Gasteiger partial charge in [-0.05, 0) is 11.1 Å². The number of aliphatic hydroxyl groups is 1. The van der Waals surface area contributed by atoms with Crippen molar-refractivity contribution in [2.75, 3.05) is 6.54 Å².